The lowest BCUT2D eigenvalue weighted by Gasteiger charge is -2.36. The van der Waals surface area contributed by atoms with Crippen LogP contribution in [0.1, 0.15) is 65.5 Å². The molecular formula is C21H24N4O2. The van der Waals surface area contributed by atoms with Crippen LogP contribution < -0.4 is 0 Å². The monoisotopic (exact) mass is 364 g/mol. The molecule has 1 atom stereocenters. The summed E-state index contributed by atoms with van der Waals surface area (Å²) < 4.78 is 0. The maximum absolute atomic E-state index is 13.2. The van der Waals surface area contributed by atoms with Crippen LogP contribution in [0.3, 0.4) is 0 Å². The number of amides is 1. The number of carbonyl (C=O) groups excluding carboxylic acids is 2. The first kappa shape index (κ1) is 17.5. The van der Waals surface area contributed by atoms with Crippen molar-refractivity contribution in [1.29, 1.82) is 0 Å². The summed E-state index contributed by atoms with van der Waals surface area (Å²) in [4.78, 5) is 30.2. The number of aromatic amines is 2. The number of para-hydroxylation sites is 1. The molecule has 3 heterocycles. The Hall–Kier alpha value is -2.89. The van der Waals surface area contributed by atoms with E-state index < -0.39 is 0 Å². The van der Waals surface area contributed by atoms with Crippen LogP contribution >= 0.6 is 0 Å². The van der Waals surface area contributed by atoms with Gasteiger partial charge in [0.05, 0.1) is 6.04 Å². The van der Waals surface area contributed by atoms with Gasteiger partial charge in [-0.2, -0.15) is 5.10 Å². The number of nitrogens with zero attached hydrogens (tertiary/aromatic N) is 2. The standard InChI is InChI=1S/C21H24N4O2/c1-12(2)10-19-20-15(14-6-4-5-7-16(14)22-20)8-9-25(19)21(27)18-11-17(13(3)26)23-24-18/h4-7,11-12,19,22H,8-10H2,1-3H3,(H,23,24)/t19-/m0/s1. The van der Waals surface area contributed by atoms with E-state index in [0.717, 1.165) is 24.1 Å². The molecule has 0 radical (unpaired) electrons. The smallest absolute Gasteiger partial charge is 0.272 e. The molecule has 1 aliphatic rings. The minimum atomic E-state index is -0.152. The number of Topliss-reactive ketones (excluding diaryl/α,β-unsaturated/α-hetero) is 1. The second kappa shape index (κ2) is 6.68. The van der Waals surface area contributed by atoms with Gasteiger partial charge < -0.3 is 9.88 Å². The Bertz CT molecular complexity index is 1010. The Morgan fingerprint density at radius 3 is 2.78 bits per heavy atom. The van der Waals surface area contributed by atoms with Gasteiger partial charge in [0, 0.05) is 30.1 Å². The summed E-state index contributed by atoms with van der Waals surface area (Å²) in [5.74, 6) is 0.183. The predicted molar refractivity (Wildman–Crippen MR) is 104 cm³/mol. The minimum absolute atomic E-state index is 0.0160. The molecule has 6 heteroatoms. The van der Waals surface area contributed by atoms with Gasteiger partial charge in [0.2, 0.25) is 0 Å². The van der Waals surface area contributed by atoms with Crippen LogP contribution in [0.15, 0.2) is 30.3 Å². The molecular weight excluding hydrogens is 340 g/mol. The molecule has 0 saturated heterocycles. The molecule has 4 rings (SSSR count). The topological polar surface area (TPSA) is 81.9 Å². The maximum Gasteiger partial charge on any atom is 0.272 e. The molecule has 0 aliphatic carbocycles. The fourth-order valence-electron chi connectivity index (χ4n) is 4.02. The van der Waals surface area contributed by atoms with Crippen molar-refractivity contribution in [3.8, 4) is 0 Å². The zero-order valence-corrected chi connectivity index (χ0v) is 15.9. The largest absolute Gasteiger partial charge is 0.356 e. The van der Waals surface area contributed by atoms with Crippen molar-refractivity contribution in [1.82, 2.24) is 20.1 Å². The van der Waals surface area contributed by atoms with Gasteiger partial charge in [0.25, 0.3) is 5.91 Å². The lowest BCUT2D eigenvalue weighted by molar-refractivity contribution is 0.0626. The Kier molecular flexibility index (Phi) is 4.34. The number of fused-ring (bicyclic) bond motifs is 3. The van der Waals surface area contributed by atoms with E-state index in [4.69, 9.17) is 0 Å². The normalized spacial score (nSPS) is 16.7. The highest BCUT2D eigenvalue weighted by molar-refractivity contribution is 5.98. The van der Waals surface area contributed by atoms with Gasteiger partial charge >= 0.3 is 0 Å². The van der Waals surface area contributed by atoms with Crippen LogP contribution in [0, 0.1) is 5.92 Å². The summed E-state index contributed by atoms with van der Waals surface area (Å²) in [5, 5.41) is 7.95. The van der Waals surface area contributed by atoms with Crippen LogP contribution in [-0.4, -0.2) is 38.3 Å². The number of H-pyrrole nitrogens is 2. The molecule has 0 unspecified atom stereocenters. The highest BCUT2D eigenvalue weighted by Crippen LogP contribution is 2.38. The Morgan fingerprint density at radius 2 is 2.07 bits per heavy atom. The summed E-state index contributed by atoms with van der Waals surface area (Å²) >= 11 is 0. The number of aromatic nitrogens is 3. The summed E-state index contributed by atoms with van der Waals surface area (Å²) in [7, 11) is 0. The first-order valence-corrected chi connectivity index (χ1v) is 9.42. The molecule has 1 aromatic carbocycles. The minimum Gasteiger partial charge on any atom is -0.356 e. The number of benzene rings is 1. The quantitative estimate of drug-likeness (QED) is 0.689. The molecule has 3 aromatic rings. The highest BCUT2D eigenvalue weighted by Gasteiger charge is 2.34. The zero-order valence-electron chi connectivity index (χ0n) is 15.9. The lowest BCUT2D eigenvalue weighted by atomic mass is 9.91. The maximum atomic E-state index is 13.2. The van der Waals surface area contributed by atoms with Crippen LogP contribution in [0.4, 0.5) is 0 Å². The third-order valence-corrected chi connectivity index (χ3v) is 5.28. The average Bonchev–Trinajstić information content (AvgIpc) is 3.26. The van der Waals surface area contributed by atoms with Crippen LogP contribution in [0.2, 0.25) is 0 Å². The van der Waals surface area contributed by atoms with Crippen molar-refractivity contribution in [2.24, 2.45) is 5.92 Å². The molecule has 2 aromatic heterocycles. The zero-order chi connectivity index (χ0) is 19.1. The van der Waals surface area contributed by atoms with E-state index in [1.54, 1.807) is 6.07 Å². The van der Waals surface area contributed by atoms with Crippen LogP contribution in [0.25, 0.3) is 10.9 Å². The van der Waals surface area contributed by atoms with E-state index in [2.05, 4.69) is 47.2 Å². The molecule has 1 amide bonds. The van der Waals surface area contributed by atoms with Gasteiger partial charge in [-0.25, -0.2) is 0 Å². The molecule has 27 heavy (non-hydrogen) atoms. The number of carbonyl (C=O) groups is 2. The summed E-state index contributed by atoms with van der Waals surface area (Å²) in [6.07, 6.45) is 1.69. The van der Waals surface area contributed by atoms with Gasteiger partial charge in [0.1, 0.15) is 11.4 Å². The third kappa shape index (κ3) is 3.05. The van der Waals surface area contributed by atoms with Crippen molar-refractivity contribution in [3.05, 3.63) is 53.0 Å². The van der Waals surface area contributed by atoms with Crippen molar-refractivity contribution < 1.29 is 9.59 Å². The number of nitrogens with one attached hydrogen (secondary N) is 2. The Labute approximate surface area is 158 Å². The molecule has 140 valence electrons. The molecule has 6 nitrogen and oxygen atoms in total. The molecule has 0 fully saturated rings. The first-order valence-electron chi connectivity index (χ1n) is 9.42. The van der Waals surface area contributed by atoms with Gasteiger partial charge in [-0.05, 0) is 36.5 Å². The number of hydrogen-bond acceptors (Lipinski definition) is 3. The number of hydrogen-bond donors (Lipinski definition) is 2. The van der Waals surface area contributed by atoms with Crippen LogP contribution in [0.5, 0.6) is 0 Å². The van der Waals surface area contributed by atoms with Gasteiger partial charge in [-0.3, -0.25) is 14.7 Å². The Balaban J connectivity index is 1.73. The summed E-state index contributed by atoms with van der Waals surface area (Å²) in [5.41, 5.74) is 4.23. The molecule has 0 saturated carbocycles. The molecule has 1 aliphatic heterocycles. The summed E-state index contributed by atoms with van der Waals surface area (Å²) in [6, 6.07) is 9.84. The van der Waals surface area contributed by atoms with E-state index >= 15 is 0 Å². The first-order chi connectivity index (χ1) is 13.0. The van der Waals surface area contributed by atoms with Gasteiger partial charge in [-0.15, -0.1) is 0 Å². The second-order valence-corrected chi connectivity index (χ2v) is 7.68. The van der Waals surface area contributed by atoms with Crippen molar-refractivity contribution in [2.75, 3.05) is 6.54 Å². The van der Waals surface area contributed by atoms with E-state index in [-0.39, 0.29) is 17.7 Å². The average molecular weight is 364 g/mol. The molecule has 0 spiro atoms. The van der Waals surface area contributed by atoms with E-state index in [1.165, 1.54) is 17.9 Å². The van der Waals surface area contributed by atoms with E-state index in [1.807, 2.05) is 11.0 Å². The lowest BCUT2D eigenvalue weighted by Crippen LogP contribution is -2.40. The van der Waals surface area contributed by atoms with Gasteiger partial charge in [-0.1, -0.05) is 32.0 Å². The predicted octanol–water partition coefficient (Wildman–Crippen LogP) is 3.88. The third-order valence-electron chi connectivity index (χ3n) is 5.28. The van der Waals surface area contributed by atoms with Crippen molar-refractivity contribution >= 4 is 22.6 Å². The van der Waals surface area contributed by atoms with E-state index in [9.17, 15) is 9.59 Å². The molecule has 0 bridgehead atoms. The Morgan fingerprint density at radius 1 is 1.30 bits per heavy atom. The van der Waals surface area contributed by atoms with Crippen LogP contribution in [-0.2, 0) is 6.42 Å². The fraction of sp³-hybridized carbons (Fsp3) is 0.381. The van der Waals surface area contributed by atoms with Crippen molar-refractivity contribution in [2.45, 2.75) is 39.7 Å². The second-order valence-electron chi connectivity index (χ2n) is 7.68. The number of rotatable bonds is 4. The fourth-order valence-corrected chi connectivity index (χ4v) is 4.02. The van der Waals surface area contributed by atoms with Gasteiger partial charge in [0.15, 0.2) is 5.78 Å². The highest BCUT2D eigenvalue weighted by atomic mass is 16.2. The van der Waals surface area contributed by atoms with Crippen molar-refractivity contribution in [3.63, 3.8) is 0 Å². The SMILES string of the molecule is CC(=O)c1cc(C(=O)N2CCc3c([nH]c4ccccc34)[C@@H]2CC(C)C)[nH]n1. The number of ketones is 1. The van der Waals surface area contributed by atoms with E-state index in [0.29, 0.717) is 23.9 Å². The molecule has 2 N–H and O–H groups in total. The summed E-state index contributed by atoms with van der Waals surface area (Å²) in [6.45, 7) is 6.44.